The molecule has 1 rings (SSSR count). The van der Waals surface area contributed by atoms with Gasteiger partial charge >= 0.3 is 0 Å². The zero-order valence-corrected chi connectivity index (χ0v) is 10.0. The molecule has 0 aromatic carbocycles. The molecule has 90 valence electrons. The Morgan fingerprint density at radius 2 is 2.19 bits per heavy atom. The molecule has 4 nitrogen and oxygen atoms in total. The number of hydrogen-bond donors (Lipinski definition) is 3. The van der Waals surface area contributed by atoms with Gasteiger partial charge in [0, 0.05) is 13.2 Å². The molecule has 0 saturated carbocycles. The Morgan fingerprint density at radius 3 is 2.75 bits per heavy atom. The number of nitrogens with two attached hydrogens (primary N) is 1. The Bertz CT molecular complexity index is 309. The van der Waals surface area contributed by atoms with Crippen LogP contribution in [-0.4, -0.2) is 23.2 Å². The van der Waals surface area contributed by atoms with Gasteiger partial charge in [0.05, 0.1) is 11.9 Å². The maximum absolute atomic E-state index is 8.80. The van der Waals surface area contributed by atoms with Crippen molar-refractivity contribution in [1.29, 1.82) is 0 Å². The van der Waals surface area contributed by atoms with Crippen molar-refractivity contribution in [3.05, 3.63) is 18.3 Å². The van der Waals surface area contributed by atoms with E-state index in [1.165, 1.54) is 0 Å². The van der Waals surface area contributed by atoms with Crippen molar-refractivity contribution >= 4 is 11.5 Å². The Labute approximate surface area is 96.9 Å². The van der Waals surface area contributed by atoms with Crippen LogP contribution in [0.25, 0.3) is 0 Å². The molecule has 4 heteroatoms. The number of aliphatic hydroxyl groups is 1. The number of pyridine rings is 1. The zero-order valence-electron chi connectivity index (χ0n) is 10.0. The first kappa shape index (κ1) is 12.8. The van der Waals surface area contributed by atoms with Crippen LogP contribution < -0.4 is 11.1 Å². The summed E-state index contributed by atoms with van der Waals surface area (Å²) in [5, 5.41) is 12.1. The van der Waals surface area contributed by atoms with Gasteiger partial charge in [-0.05, 0) is 30.4 Å². The number of nitrogen functional groups attached to an aromatic ring is 1. The van der Waals surface area contributed by atoms with Gasteiger partial charge < -0.3 is 16.2 Å². The Kier molecular flexibility index (Phi) is 4.55. The van der Waals surface area contributed by atoms with Gasteiger partial charge in [0.2, 0.25) is 0 Å². The van der Waals surface area contributed by atoms with Crippen molar-refractivity contribution in [2.45, 2.75) is 26.7 Å². The minimum absolute atomic E-state index is 0.159. The third-order valence-corrected chi connectivity index (χ3v) is 2.55. The fraction of sp³-hybridized carbons (Fsp3) is 0.583. The molecule has 0 radical (unpaired) electrons. The summed E-state index contributed by atoms with van der Waals surface area (Å²) in [6.07, 6.45) is 3.47. The van der Waals surface area contributed by atoms with E-state index in [1.54, 1.807) is 6.20 Å². The first-order valence-corrected chi connectivity index (χ1v) is 5.60. The second-order valence-corrected chi connectivity index (χ2v) is 4.82. The van der Waals surface area contributed by atoms with Crippen LogP contribution in [0.4, 0.5) is 11.5 Å². The van der Waals surface area contributed by atoms with E-state index in [0.717, 1.165) is 25.2 Å². The second-order valence-electron chi connectivity index (χ2n) is 4.82. The van der Waals surface area contributed by atoms with E-state index in [4.69, 9.17) is 10.8 Å². The molecule has 0 aliphatic heterocycles. The van der Waals surface area contributed by atoms with E-state index < -0.39 is 0 Å². The molecular formula is C12H21N3O. The molecule has 1 aromatic rings. The summed E-state index contributed by atoms with van der Waals surface area (Å²) in [7, 11) is 0. The SMILES string of the molecule is CC(C)(CCCO)CNc1ccc(N)cn1. The summed E-state index contributed by atoms with van der Waals surface area (Å²) >= 11 is 0. The minimum Gasteiger partial charge on any atom is -0.397 e. The number of aliphatic hydroxyl groups excluding tert-OH is 1. The van der Waals surface area contributed by atoms with Crippen LogP contribution in [0.3, 0.4) is 0 Å². The van der Waals surface area contributed by atoms with Gasteiger partial charge in [0.25, 0.3) is 0 Å². The number of nitrogens with one attached hydrogen (secondary N) is 1. The van der Waals surface area contributed by atoms with Crippen molar-refractivity contribution in [1.82, 2.24) is 4.98 Å². The lowest BCUT2D eigenvalue weighted by molar-refractivity contribution is 0.248. The highest BCUT2D eigenvalue weighted by Gasteiger charge is 2.16. The van der Waals surface area contributed by atoms with E-state index >= 15 is 0 Å². The van der Waals surface area contributed by atoms with E-state index in [2.05, 4.69) is 24.1 Å². The molecule has 0 fully saturated rings. The van der Waals surface area contributed by atoms with E-state index in [9.17, 15) is 0 Å². The van der Waals surface area contributed by atoms with Gasteiger partial charge in [-0.25, -0.2) is 4.98 Å². The molecule has 1 aromatic heterocycles. The van der Waals surface area contributed by atoms with Crippen molar-refractivity contribution in [3.63, 3.8) is 0 Å². The van der Waals surface area contributed by atoms with Crippen LogP contribution in [0.2, 0.25) is 0 Å². The van der Waals surface area contributed by atoms with Crippen molar-refractivity contribution in [3.8, 4) is 0 Å². The Balaban J connectivity index is 2.41. The number of anilines is 2. The molecule has 0 amide bonds. The molecule has 0 aliphatic carbocycles. The highest BCUT2D eigenvalue weighted by molar-refractivity contribution is 5.43. The summed E-state index contributed by atoms with van der Waals surface area (Å²) in [6, 6.07) is 3.70. The van der Waals surface area contributed by atoms with E-state index in [0.29, 0.717) is 5.69 Å². The van der Waals surface area contributed by atoms with Gasteiger partial charge in [-0.15, -0.1) is 0 Å². The minimum atomic E-state index is 0.159. The van der Waals surface area contributed by atoms with Gasteiger partial charge in [-0.2, -0.15) is 0 Å². The summed E-state index contributed by atoms with van der Waals surface area (Å²) in [6.45, 7) is 5.44. The molecule has 0 unspecified atom stereocenters. The van der Waals surface area contributed by atoms with Gasteiger partial charge in [-0.3, -0.25) is 0 Å². The summed E-state index contributed by atoms with van der Waals surface area (Å²) in [5.41, 5.74) is 6.39. The van der Waals surface area contributed by atoms with Crippen LogP contribution in [0.5, 0.6) is 0 Å². The van der Waals surface area contributed by atoms with E-state index in [1.807, 2.05) is 12.1 Å². The molecule has 0 bridgehead atoms. The molecule has 16 heavy (non-hydrogen) atoms. The highest BCUT2D eigenvalue weighted by atomic mass is 16.2. The fourth-order valence-corrected chi connectivity index (χ4v) is 1.49. The lowest BCUT2D eigenvalue weighted by atomic mass is 9.88. The standard InChI is InChI=1S/C12H21N3O/c1-12(2,6-3-7-16)9-15-11-5-4-10(13)8-14-11/h4-5,8,16H,3,6-7,9,13H2,1-2H3,(H,14,15). The fourth-order valence-electron chi connectivity index (χ4n) is 1.49. The highest BCUT2D eigenvalue weighted by Crippen LogP contribution is 2.22. The number of aromatic nitrogens is 1. The number of rotatable bonds is 6. The zero-order chi connectivity index (χ0) is 12.0. The third kappa shape index (κ3) is 4.49. The average molecular weight is 223 g/mol. The average Bonchev–Trinajstić information content (AvgIpc) is 2.26. The molecule has 0 saturated heterocycles. The molecule has 0 aliphatic rings. The summed E-state index contributed by atoms with van der Waals surface area (Å²) in [4.78, 5) is 4.18. The van der Waals surface area contributed by atoms with Crippen molar-refractivity contribution < 1.29 is 5.11 Å². The maximum Gasteiger partial charge on any atom is 0.126 e. The van der Waals surface area contributed by atoms with E-state index in [-0.39, 0.29) is 12.0 Å². The van der Waals surface area contributed by atoms with Crippen LogP contribution in [0.15, 0.2) is 18.3 Å². The first-order valence-electron chi connectivity index (χ1n) is 5.60. The van der Waals surface area contributed by atoms with Gasteiger partial charge in [0.1, 0.15) is 5.82 Å². The van der Waals surface area contributed by atoms with Gasteiger partial charge in [0.15, 0.2) is 0 Å². The first-order chi connectivity index (χ1) is 7.53. The summed E-state index contributed by atoms with van der Waals surface area (Å²) < 4.78 is 0. The quantitative estimate of drug-likeness (QED) is 0.688. The van der Waals surface area contributed by atoms with Gasteiger partial charge in [-0.1, -0.05) is 13.8 Å². The topological polar surface area (TPSA) is 71.2 Å². The predicted octanol–water partition coefficient (Wildman–Crippen LogP) is 1.87. The lowest BCUT2D eigenvalue weighted by Crippen LogP contribution is -2.23. The Morgan fingerprint density at radius 1 is 1.44 bits per heavy atom. The smallest absolute Gasteiger partial charge is 0.126 e. The van der Waals surface area contributed by atoms with Crippen molar-refractivity contribution in [2.75, 3.05) is 24.2 Å². The molecule has 1 heterocycles. The lowest BCUT2D eigenvalue weighted by Gasteiger charge is -2.24. The molecular weight excluding hydrogens is 202 g/mol. The third-order valence-electron chi connectivity index (χ3n) is 2.55. The van der Waals surface area contributed by atoms with Crippen molar-refractivity contribution in [2.24, 2.45) is 5.41 Å². The maximum atomic E-state index is 8.80. The largest absolute Gasteiger partial charge is 0.397 e. The number of nitrogens with zero attached hydrogens (tertiary/aromatic N) is 1. The van der Waals surface area contributed by atoms with Crippen LogP contribution >= 0.6 is 0 Å². The normalized spacial score (nSPS) is 11.4. The van der Waals surface area contributed by atoms with Crippen LogP contribution in [0, 0.1) is 5.41 Å². The van der Waals surface area contributed by atoms with Crippen LogP contribution in [0.1, 0.15) is 26.7 Å². The Hall–Kier alpha value is -1.29. The van der Waals surface area contributed by atoms with Crippen LogP contribution in [-0.2, 0) is 0 Å². The molecule has 0 spiro atoms. The number of hydrogen-bond acceptors (Lipinski definition) is 4. The monoisotopic (exact) mass is 223 g/mol. The summed E-state index contributed by atoms with van der Waals surface area (Å²) in [5.74, 6) is 0.839. The predicted molar refractivity (Wildman–Crippen MR) is 67.2 cm³/mol. The second kappa shape index (κ2) is 5.70. The molecule has 0 atom stereocenters. The molecule has 4 N–H and O–H groups in total.